The van der Waals surface area contributed by atoms with Gasteiger partial charge in [-0.3, -0.25) is 9.47 Å². The number of aryl methyl sites for hydroxylation is 1. The van der Waals surface area contributed by atoms with E-state index in [9.17, 15) is 0 Å². The van der Waals surface area contributed by atoms with Crippen molar-refractivity contribution in [1.82, 2.24) is 24.4 Å². The van der Waals surface area contributed by atoms with E-state index in [4.69, 9.17) is 4.98 Å². The van der Waals surface area contributed by atoms with E-state index in [1.165, 1.54) is 21.7 Å². The van der Waals surface area contributed by atoms with E-state index >= 15 is 0 Å². The van der Waals surface area contributed by atoms with Gasteiger partial charge in [-0.1, -0.05) is 42.5 Å². The molecular weight excluding hydrogens is 550 g/mol. The van der Waals surface area contributed by atoms with Crippen molar-refractivity contribution in [1.29, 1.82) is 0 Å². The second-order valence-corrected chi connectivity index (χ2v) is 11.1. The van der Waals surface area contributed by atoms with Crippen LogP contribution in [0.3, 0.4) is 0 Å². The van der Waals surface area contributed by atoms with E-state index < -0.39 is 0 Å². The minimum absolute atomic E-state index is 0. The highest BCUT2D eigenvalue weighted by Crippen LogP contribution is 2.31. The van der Waals surface area contributed by atoms with Crippen molar-refractivity contribution in [2.75, 3.05) is 55.7 Å². The smallest absolute Gasteiger partial charge is 0.170 e. The lowest BCUT2D eigenvalue weighted by molar-refractivity contribution is 0.267. The first-order valence-corrected chi connectivity index (χ1v) is 15.1. The molecular formula is C32H36ClN7S. The molecule has 9 heteroatoms. The van der Waals surface area contributed by atoms with E-state index in [0.717, 1.165) is 73.3 Å². The van der Waals surface area contributed by atoms with Gasteiger partial charge in [0.1, 0.15) is 12.2 Å². The molecule has 3 aromatic carbocycles. The first-order valence-electron chi connectivity index (χ1n) is 13.8. The summed E-state index contributed by atoms with van der Waals surface area (Å²) in [5.74, 6) is 1.63. The van der Waals surface area contributed by atoms with Crippen molar-refractivity contribution < 1.29 is 0 Å². The van der Waals surface area contributed by atoms with Crippen LogP contribution in [0.5, 0.6) is 0 Å². The molecule has 3 heterocycles. The quantitative estimate of drug-likeness (QED) is 0.209. The predicted molar refractivity (Wildman–Crippen MR) is 174 cm³/mol. The van der Waals surface area contributed by atoms with Crippen LogP contribution in [0.4, 0.5) is 11.5 Å². The number of rotatable bonds is 8. The van der Waals surface area contributed by atoms with Crippen molar-refractivity contribution >= 4 is 46.8 Å². The highest BCUT2D eigenvalue weighted by Gasteiger charge is 2.21. The molecule has 41 heavy (non-hydrogen) atoms. The molecule has 0 atom stereocenters. The fraction of sp³-hybridized carbons (Fsp3) is 0.281. The number of nitrogens with one attached hydrogen (secondary N) is 1. The second kappa shape index (κ2) is 12.9. The van der Waals surface area contributed by atoms with Gasteiger partial charge >= 0.3 is 0 Å². The Morgan fingerprint density at radius 3 is 2.34 bits per heavy atom. The summed E-state index contributed by atoms with van der Waals surface area (Å²) in [5.41, 5.74) is 7.78. The number of imidazole rings is 1. The van der Waals surface area contributed by atoms with E-state index in [1.54, 1.807) is 18.1 Å². The third kappa shape index (κ3) is 6.05. The largest absolute Gasteiger partial charge is 0.369 e. The minimum Gasteiger partial charge on any atom is -0.369 e. The molecule has 0 bridgehead atoms. The van der Waals surface area contributed by atoms with Crippen LogP contribution in [0.15, 0.2) is 84.0 Å². The monoisotopic (exact) mass is 585 g/mol. The number of halogens is 1. The molecule has 6 rings (SSSR count). The molecule has 0 spiro atoms. The van der Waals surface area contributed by atoms with Crippen molar-refractivity contribution in [3.63, 3.8) is 0 Å². The van der Waals surface area contributed by atoms with Crippen LogP contribution in [-0.2, 0) is 0 Å². The third-order valence-electron chi connectivity index (χ3n) is 7.82. The zero-order chi connectivity index (χ0) is 27.5. The number of piperazine rings is 1. The van der Waals surface area contributed by atoms with Gasteiger partial charge in [-0.25, -0.2) is 15.0 Å². The van der Waals surface area contributed by atoms with E-state index in [-0.39, 0.29) is 12.4 Å². The number of aromatic nitrogens is 4. The molecule has 1 aliphatic heterocycles. The highest BCUT2D eigenvalue weighted by molar-refractivity contribution is 7.98. The molecule has 0 radical (unpaired) electrons. The number of nitrogens with zero attached hydrogens (tertiary/aromatic N) is 6. The van der Waals surface area contributed by atoms with Gasteiger partial charge in [0.25, 0.3) is 0 Å². The van der Waals surface area contributed by atoms with Crippen LogP contribution in [0.25, 0.3) is 28.2 Å². The molecule has 0 aliphatic carbocycles. The number of thioether (sulfide) groups is 1. The average molecular weight is 586 g/mol. The van der Waals surface area contributed by atoms with Crippen LogP contribution >= 0.6 is 24.2 Å². The van der Waals surface area contributed by atoms with Gasteiger partial charge in [0.05, 0.1) is 0 Å². The summed E-state index contributed by atoms with van der Waals surface area (Å²) in [6, 6.07) is 25.4. The average Bonchev–Trinajstić information content (AvgIpc) is 3.40. The number of hydrogen-bond acceptors (Lipinski definition) is 7. The molecule has 5 aromatic rings. The maximum absolute atomic E-state index is 5.08. The van der Waals surface area contributed by atoms with Crippen LogP contribution < -0.4 is 10.2 Å². The standard InChI is InChI=1S/C32H35N7S.ClH/c1-23-8-7-11-28(24(23)2)38-20-18-37(19-21-38)17-16-33-30-29-32(35-22-34-30)39(26-12-14-27(40-3)15-13-26)31(36-29)25-9-5-4-6-10-25;/h4-15,22H,16-21H2,1-3H3,(H,33,34,35);1H. The lowest BCUT2D eigenvalue weighted by Gasteiger charge is -2.37. The van der Waals surface area contributed by atoms with Crippen molar-refractivity contribution in [3.8, 4) is 17.1 Å². The minimum atomic E-state index is 0. The summed E-state index contributed by atoms with van der Waals surface area (Å²) < 4.78 is 2.13. The van der Waals surface area contributed by atoms with Gasteiger partial charge in [0.2, 0.25) is 0 Å². The SMILES string of the molecule is CSc1ccc(-n2c(-c3ccccc3)nc3c(NCCN4CCN(c5cccc(C)c5C)CC4)ncnc32)cc1.Cl. The maximum Gasteiger partial charge on any atom is 0.170 e. The van der Waals surface area contributed by atoms with Crippen LogP contribution in [0.2, 0.25) is 0 Å². The first-order chi connectivity index (χ1) is 19.6. The van der Waals surface area contributed by atoms with Gasteiger partial charge in [0.15, 0.2) is 17.0 Å². The molecule has 0 amide bonds. The summed E-state index contributed by atoms with van der Waals surface area (Å²) >= 11 is 1.73. The van der Waals surface area contributed by atoms with Crippen LogP contribution in [0, 0.1) is 13.8 Å². The molecule has 7 nitrogen and oxygen atoms in total. The third-order valence-corrected chi connectivity index (χ3v) is 8.56. The number of hydrogen-bond donors (Lipinski definition) is 1. The Kier molecular flexibility index (Phi) is 9.12. The maximum atomic E-state index is 5.08. The molecule has 2 aromatic heterocycles. The van der Waals surface area contributed by atoms with E-state index in [1.807, 2.05) is 18.2 Å². The van der Waals surface area contributed by atoms with Gasteiger partial charge in [-0.2, -0.15) is 0 Å². The zero-order valence-electron chi connectivity index (χ0n) is 23.7. The lowest BCUT2D eigenvalue weighted by atomic mass is 10.1. The molecule has 0 saturated carbocycles. The Labute approximate surface area is 252 Å². The Morgan fingerprint density at radius 1 is 0.854 bits per heavy atom. The number of fused-ring (bicyclic) bond motifs is 1. The van der Waals surface area contributed by atoms with Crippen molar-refractivity contribution in [2.45, 2.75) is 18.7 Å². The molecule has 212 valence electrons. The highest BCUT2D eigenvalue weighted by atomic mass is 35.5. The fourth-order valence-corrected chi connectivity index (χ4v) is 5.81. The van der Waals surface area contributed by atoms with Gasteiger partial charge < -0.3 is 10.2 Å². The topological polar surface area (TPSA) is 62.1 Å². The summed E-state index contributed by atoms with van der Waals surface area (Å²) in [4.78, 5) is 20.6. The fourth-order valence-electron chi connectivity index (χ4n) is 5.40. The van der Waals surface area contributed by atoms with Gasteiger partial charge in [0, 0.05) is 61.1 Å². The second-order valence-electron chi connectivity index (χ2n) is 10.2. The number of benzene rings is 3. The summed E-state index contributed by atoms with van der Waals surface area (Å²) in [6.07, 6.45) is 3.73. The zero-order valence-corrected chi connectivity index (χ0v) is 25.4. The van der Waals surface area contributed by atoms with Crippen LogP contribution in [-0.4, -0.2) is 69.9 Å². The van der Waals surface area contributed by atoms with Crippen LogP contribution in [0.1, 0.15) is 11.1 Å². The van der Waals surface area contributed by atoms with Gasteiger partial charge in [-0.05, 0) is 61.6 Å². The van der Waals surface area contributed by atoms with Crippen molar-refractivity contribution in [3.05, 3.63) is 90.3 Å². The Balaban J connectivity index is 0.00000337. The Hall–Kier alpha value is -3.59. The molecule has 1 saturated heterocycles. The Morgan fingerprint density at radius 2 is 1.61 bits per heavy atom. The molecule has 1 N–H and O–H groups in total. The molecule has 1 aliphatic rings. The Bertz CT molecular complexity index is 1600. The normalized spacial score (nSPS) is 13.8. The first kappa shape index (κ1) is 28.9. The summed E-state index contributed by atoms with van der Waals surface area (Å²) in [5, 5.41) is 3.57. The van der Waals surface area contributed by atoms with E-state index in [2.05, 4.69) is 104 Å². The number of anilines is 2. The summed E-state index contributed by atoms with van der Waals surface area (Å²) in [7, 11) is 0. The summed E-state index contributed by atoms with van der Waals surface area (Å²) in [6.45, 7) is 10.4. The van der Waals surface area contributed by atoms with E-state index in [0.29, 0.717) is 0 Å². The predicted octanol–water partition coefficient (Wildman–Crippen LogP) is 6.48. The van der Waals surface area contributed by atoms with Gasteiger partial charge in [-0.15, -0.1) is 24.2 Å². The molecule has 1 fully saturated rings. The van der Waals surface area contributed by atoms with Crippen molar-refractivity contribution in [2.24, 2.45) is 0 Å². The molecule has 0 unspecified atom stereocenters. The lowest BCUT2D eigenvalue weighted by Crippen LogP contribution is -2.47.